The van der Waals surface area contributed by atoms with E-state index >= 15 is 0 Å². The number of para-hydroxylation sites is 2. The van der Waals surface area contributed by atoms with Crippen molar-refractivity contribution in [2.24, 2.45) is 0 Å². The Hall–Kier alpha value is -1.80. The number of aliphatic hydroxyl groups is 1. The highest BCUT2D eigenvalue weighted by atomic mass is 16.3. The van der Waals surface area contributed by atoms with Crippen LogP contribution in [0.15, 0.2) is 48.5 Å². The van der Waals surface area contributed by atoms with Crippen molar-refractivity contribution < 1.29 is 5.11 Å². The van der Waals surface area contributed by atoms with Gasteiger partial charge >= 0.3 is 0 Å². The molecule has 0 aliphatic carbocycles. The summed E-state index contributed by atoms with van der Waals surface area (Å²) < 4.78 is 0. The van der Waals surface area contributed by atoms with Crippen LogP contribution in [0.1, 0.15) is 11.1 Å². The molecule has 1 N–H and O–H groups in total. The fourth-order valence-electron chi connectivity index (χ4n) is 2.04. The lowest BCUT2D eigenvalue weighted by Gasteiger charge is -2.23. The molecule has 0 aliphatic heterocycles. The molecule has 0 aliphatic rings. The lowest BCUT2D eigenvalue weighted by Crippen LogP contribution is -2.12. The van der Waals surface area contributed by atoms with Gasteiger partial charge in [-0.25, -0.2) is 0 Å². The number of hydrogen-bond acceptors (Lipinski definition) is 2. The fourth-order valence-corrected chi connectivity index (χ4v) is 2.04. The third-order valence-corrected chi connectivity index (χ3v) is 3.00. The van der Waals surface area contributed by atoms with E-state index in [4.69, 9.17) is 0 Å². The van der Waals surface area contributed by atoms with Crippen molar-refractivity contribution in [3.63, 3.8) is 0 Å². The van der Waals surface area contributed by atoms with Crippen LogP contribution in [0.3, 0.4) is 0 Å². The summed E-state index contributed by atoms with van der Waals surface area (Å²) in [5.41, 5.74) is 4.37. The quantitative estimate of drug-likeness (QED) is 0.870. The zero-order chi connectivity index (χ0) is 12.3. The predicted molar refractivity (Wildman–Crippen MR) is 71.6 cm³/mol. The van der Waals surface area contributed by atoms with Crippen LogP contribution in [0.5, 0.6) is 0 Å². The van der Waals surface area contributed by atoms with E-state index in [0.29, 0.717) is 0 Å². The van der Waals surface area contributed by atoms with Gasteiger partial charge in [-0.1, -0.05) is 36.4 Å². The molecule has 0 atom stereocenters. The van der Waals surface area contributed by atoms with Crippen LogP contribution < -0.4 is 4.90 Å². The zero-order valence-corrected chi connectivity index (χ0v) is 10.2. The highest BCUT2D eigenvalue weighted by Crippen LogP contribution is 2.29. The predicted octanol–water partition coefficient (Wildman–Crippen LogP) is 3.26. The number of rotatable bonds is 3. The Morgan fingerprint density at radius 3 is 2.18 bits per heavy atom. The largest absolute Gasteiger partial charge is 0.392 e. The van der Waals surface area contributed by atoms with Crippen LogP contribution in [0.4, 0.5) is 11.4 Å². The van der Waals surface area contributed by atoms with Crippen LogP contribution in [0.25, 0.3) is 0 Å². The van der Waals surface area contributed by atoms with E-state index in [1.165, 1.54) is 5.56 Å². The molecule has 0 aromatic heterocycles. The molecule has 0 amide bonds. The van der Waals surface area contributed by atoms with Gasteiger partial charge < -0.3 is 10.0 Å². The van der Waals surface area contributed by atoms with Gasteiger partial charge in [0.05, 0.1) is 6.61 Å². The topological polar surface area (TPSA) is 23.5 Å². The first-order valence-electron chi connectivity index (χ1n) is 5.72. The molecule has 17 heavy (non-hydrogen) atoms. The second-order valence-electron chi connectivity index (χ2n) is 4.13. The Morgan fingerprint density at radius 2 is 1.53 bits per heavy atom. The fraction of sp³-hybridized carbons (Fsp3) is 0.200. The molecule has 2 aromatic rings. The van der Waals surface area contributed by atoms with Crippen molar-refractivity contribution in [1.29, 1.82) is 0 Å². The summed E-state index contributed by atoms with van der Waals surface area (Å²) in [4.78, 5) is 2.11. The van der Waals surface area contributed by atoms with Crippen molar-refractivity contribution in [2.75, 3.05) is 11.9 Å². The standard InChI is InChI=1S/C15H17NO/c1-12-7-3-5-9-14(12)16(2)15-10-6-4-8-13(15)11-17/h3-10,17H,11H2,1-2H3. The summed E-state index contributed by atoms with van der Waals surface area (Å²) in [5, 5.41) is 9.36. The van der Waals surface area contributed by atoms with Gasteiger partial charge in [0.2, 0.25) is 0 Å². The van der Waals surface area contributed by atoms with Crippen LogP contribution >= 0.6 is 0 Å². The molecule has 88 valence electrons. The Morgan fingerprint density at radius 1 is 0.941 bits per heavy atom. The third-order valence-electron chi connectivity index (χ3n) is 3.00. The van der Waals surface area contributed by atoms with Gasteiger partial charge in [-0.2, -0.15) is 0 Å². The van der Waals surface area contributed by atoms with E-state index in [2.05, 4.69) is 24.0 Å². The molecule has 2 nitrogen and oxygen atoms in total. The first kappa shape index (κ1) is 11.7. The molecule has 2 aromatic carbocycles. The minimum atomic E-state index is 0.0619. The van der Waals surface area contributed by atoms with E-state index in [0.717, 1.165) is 16.9 Å². The normalized spacial score (nSPS) is 10.3. The molecule has 0 bridgehead atoms. The summed E-state index contributed by atoms with van der Waals surface area (Å²) in [6.45, 7) is 2.15. The Balaban J connectivity index is 2.44. The first-order chi connectivity index (χ1) is 8.24. The Labute approximate surface area is 102 Å². The molecule has 0 radical (unpaired) electrons. The van der Waals surface area contributed by atoms with Gasteiger partial charge in [0.25, 0.3) is 0 Å². The summed E-state index contributed by atoms with van der Waals surface area (Å²) in [5.74, 6) is 0. The maximum atomic E-state index is 9.36. The minimum Gasteiger partial charge on any atom is -0.392 e. The second-order valence-corrected chi connectivity index (χ2v) is 4.13. The molecule has 0 saturated heterocycles. The van der Waals surface area contributed by atoms with Gasteiger partial charge in [0.15, 0.2) is 0 Å². The maximum absolute atomic E-state index is 9.36. The average molecular weight is 227 g/mol. The van der Waals surface area contributed by atoms with E-state index < -0.39 is 0 Å². The molecule has 0 saturated carbocycles. The van der Waals surface area contributed by atoms with E-state index in [1.54, 1.807) is 0 Å². The highest BCUT2D eigenvalue weighted by molar-refractivity contribution is 5.68. The zero-order valence-electron chi connectivity index (χ0n) is 10.2. The molecule has 2 heteroatoms. The van der Waals surface area contributed by atoms with Gasteiger partial charge in [0.1, 0.15) is 0 Å². The number of anilines is 2. The van der Waals surface area contributed by atoms with Gasteiger partial charge in [-0.3, -0.25) is 0 Å². The summed E-state index contributed by atoms with van der Waals surface area (Å²) in [7, 11) is 2.02. The van der Waals surface area contributed by atoms with Crippen molar-refractivity contribution in [3.05, 3.63) is 59.7 Å². The third kappa shape index (κ3) is 2.32. The van der Waals surface area contributed by atoms with E-state index in [1.807, 2.05) is 43.4 Å². The smallest absolute Gasteiger partial charge is 0.0702 e. The molecular formula is C15H17NO. The Kier molecular flexibility index (Phi) is 3.45. The van der Waals surface area contributed by atoms with Crippen LogP contribution in [-0.4, -0.2) is 12.2 Å². The SMILES string of the molecule is Cc1ccccc1N(C)c1ccccc1CO. The molecule has 0 fully saturated rings. The lowest BCUT2D eigenvalue weighted by molar-refractivity contribution is 0.282. The number of hydrogen-bond donors (Lipinski definition) is 1. The minimum absolute atomic E-state index is 0.0619. The molecule has 0 heterocycles. The van der Waals surface area contributed by atoms with Crippen LogP contribution in [0, 0.1) is 6.92 Å². The Bertz CT molecular complexity index is 508. The molecular weight excluding hydrogens is 210 g/mol. The maximum Gasteiger partial charge on any atom is 0.0702 e. The molecule has 2 rings (SSSR count). The average Bonchev–Trinajstić information content (AvgIpc) is 2.38. The number of aryl methyl sites for hydroxylation is 1. The van der Waals surface area contributed by atoms with Crippen molar-refractivity contribution in [2.45, 2.75) is 13.5 Å². The number of nitrogens with zero attached hydrogens (tertiary/aromatic N) is 1. The van der Waals surface area contributed by atoms with Crippen molar-refractivity contribution >= 4 is 11.4 Å². The monoisotopic (exact) mass is 227 g/mol. The van der Waals surface area contributed by atoms with Crippen LogP contribution in [-0.2, 0) is 6.61 Å². The number of benzene rings is 2. The molecule has 0 unspecified atom stereocenters. The summed E-state index contributed by atoms with van der Waals surface area (Å²) >= 11 is 0. The summed E-state index contributed by atoms with van der Waals surface area (Å²) in [6, 6.07) is 16.1. The first-order valence-corrected chi connectivity index (χ1v) is 5.72. The van der Waals surface area contributed by atoms with Crippen LogP contribution in [0.2, 0.25) is 0 Å². The highest BCUT2D eigenvalue weighted by Gasteiger charge is 2.09. The lowest BCUT2D eigenvalue weighted by atomic mass is 10.1. The summed E-state index contributed by atoms with van der Waals surface area (Å²) in [6.07, 6.45) is 0. The van der Waals surface area contributed by atoms with Gasteiger partial charge in [-0.05, 0) is 24.6 Å². The van der Waals surface area contributed by atoms with Gasteiger partial charge in [0, 0.05) is 24.0 Å². The van der Waals surface area contributed by atoms with Gasteiger partial charge in [-0.15, -0.1) is 0 Å². The molecule has 0 spiro atoms. The van der Waals surface area contributed by atoms with Crippen molar-refractivity contribution in [3.8, 4) is 0 Å². The second kappa shape index (κ2) is 5.02. The van der Waals surface area contributed by atoms with E-state index in [9.17, 15) is 5.11 Å². The van der Waals surface area contributed by atoms with E-state index in [-0.39, 0.29) is 6.61 Å². The van der Waals surface area contributed by atoms with Crippen molar-refractivity contribution in [1.82, 2.24) is 0 Å². The number of aliphatic hydroxyl groups excluding tert-OH is 1.